The number of halogens is 1. The Bertz CT molecular complexity index is 362. The number of nitrogens with one attached hydrogen (secondary N) is 1. The molecule has 1 aromatic rings. The van der Waals surface area contributed by atoms with Gasteiger partial charge < -0.3 is 5.32 Å². The number of rotatable bonds is 4. The lowest BCUT2D eigenvalue weighted by Crippen LogP contribution is -2.24. The number of anilines is 1. The van der Waals surface area contributed by atoms with E-state index in [9.17, 15) is 9.18 Å². The summed E-state index contributed by atoms with van der Waals surface area (Å²) in [6.45, 7) is 2.81. The van der Waals surface area contributed by atoms with Crippen molar-refractivity contribution < 1.29 is 4.39 Å². The van der Waals surface area contributed by atoms with Crippen molar-refractivity contribution in [3.63, 3.8) is 0 Å². The summed E-state index contributed by atoms with van der Waals surface area (Å²) in [7, 11) is 1.49. The van der Waals surface area contributed by atoms with Gasteiger partial charge >= 0.3 is 0 Å². The van der Waals surface area contributed by atoms with Crippen LogP contribution < -0.4 is 10.9 Å². The summed E-state index contributed by atoms with van der Waals surface area (Å²) in [4.78, 5) is 14.9. The van der Waals surface area contributed by atoms with E-state index in [-0.39, 0.29) is 0 Å². The van der Waals surface area contributed by atoms with Gasteiger partial charge in [-0.25, -0.2) is 4.98 Å². The van der Waals surface area contributed by atoms with E-state index in [2.05, 4.69) is 17.2 Å². The smallest absolute Gasteiger partial charge is 0.290 e. The molecule has 5 heteroatoms. The van der Waals surface area contributed by atoms with Crippen molar-refractivity contribution in [2.75, 3.05) is 11.9 Å². The fourth-order valence-corrected chi connectivity index (χ4v) is 1.06. The maximum Gasteiger partial charge on any atom is 0.290 e. The fourth-order valence-electron chi connectivity index (χ4n) is 1.06. The minimum Gasteiger partial charge on any atom is -0.356 e. The first-order chi connectivity index (χ1) is 6.66. The Hall–Kier alpha value is -1.39. The van der Waals surface area contributed by atoms with Crippen LogP contribution in [0.15, 0.2) is 11.0 Å². The highest BCUT2D eigenvalue weighted by atomic mass is 19.1. The largest absolute Gasteiger partial charge is 0.356 e. The SMILES string of the molecule is CCCCNc1ncc(F)c(=O)n1C. The molecule has 1 N–H and O–H groups in total. The molecule has 0 bridgehead atoms. The highest BCUT2D eigenvalue weighted by Crippen LogP contribution is 1.98. The van der Waals surface area contributed by atoms with Crippen LogP contribution in [0, 0.1) is 5.82 Å². The first-order valence-corrected chi connectivity index (χ1v) is 4.62. The number of unbranched alkanes of at least 4 members (excludes halogenated alkanes) is 1. The van der Waals surface area contributed by atoms with Crippen LogP contribution in [0.1, 0.15) is 19.8 Å². The molecule has 0 aliphatic rings. The molecule has 0 spiro atoms. The Kier molecular flexibility index (Phi) is 3.62. The van der Waals surface area contributed by atoms with Crippen molar-refractivity contribution in [3.05, 3.63) is 22.4 Å². The van der Waals surface area contributed by atoms with Gasteiger partial charge in [0.2, 0.25) is 11.8 Å². The topological polar surface area (TPSA) is 46.9 Å². The Labute approximate surface area is 81.8 Å². The summed E-state index contributed by atoms with van der Waals surface area (Å²) in [5, 5.41) is 2.97. The van der Waals surface area contributed by atoms with E-state index < -0.39 is 11.4 Å². The van der Waals surface area contributed by atoms with Crippen LogP contribution in [0.25, 0.3) is 0 Å². The van der Waals surface area contributed by atoms with Crippen LogP contribution in [0.3, 0.4) is 0 Å². The van der Waals surface area contributed by atoms with Crippen molar-refractivity contribution in [1.82, 2.24) is 9.55 Å². The van der Waals surface area contributed by atoms with Crippen LogP contribution in [0.5, 0.6) is 0 Å². The predicted octanol–water partition coefficient (Wildman–Crippen LogP) is 1.13. The van der Waals surface area contributed by atoms with Gasteiger partial charge in [0.05, 0.1) is 6.20 Å². The van der Waals surface area contributed by atoms with Crippen LogP contribution in [-0.4, -0.2) is 16.1 Å². The molecule has 0 atom stereocenters. The summed E-state index contributed by atoms with van der Waals surface area (Å²) >= 11 is 0. The molecule has 0 aliphatic heterocycles. The van der Waals surface area contributed by atoms with Crippen molar-refractivity contribution in [3.8, 4) is 0 Å². The zero-order valence-electron chi connectivity index (χ0n) is 8.38. The Balaban J connectivity index is 2.79. The molecule has 0 radical (unpaired) electrons. The molecule has 0 saturated heterocycles. The van der Waals surface area contributed by atoms with Crippen molar-refractivity contribution in [2.24, 2.45) is 7.05 Å². The van der Waals surface area contributed by atoms with E-state index in [4.69, 9.17) is 0 Å². The molecular weight excluding hydrogens is 185 g/mol. The molecule has 14 heavy (non-hydrogen) atoms. The van der Waals surface area contributed by atoms with E-state index in [1.807, 2.05) is 0 Å². The molecule has 0 aromatic carbocycles. The van der Waals surface area contributed by atoms with Gasteiger partial charge in [0.1, 0.15) is 0 Å². The molecule has 0 fully saturated rings. The number of hydrogen-bond donors (Lipinski definition) is 1. The average Bonchev–Trinajstić information content (AvgIpc) is 2.18. The second-order valence-corrected chi connectivity index (χ2v) is 3.07. The van der Waals surface area contributed by atoms with Crippen LogP contribution in [-0.2, 0) is 7.05 Å². The lowest BCUT2D eigenvalue weighted by molar-refractivity contribution is 0.580. The normalized spacial score (nSPS) is 10.2. The number of nitrogens with zero attached hydrogens (tertiary/aromatic N) is 2. The van der Waals surface area contributed by atoms with E-state index in [0.717, 1.165) is 25.6 Å². The zero-order valence-corrected chi connectivity index (χ0v) is 8.38. The van der Waals surface area contributed by atoms with Gasteiger partial charge in [0.15, 0.2) is 0 Å². The Morgan fingerprint density at radius 1 is 1.64 bits per heavy atom. The standard InChI is InChI=1S/C9H14FN3O/c1-3-4-5-11-9-12-6-7(10)8(14)13(9)2/h6H,3-5H2,1-2H3,(H,11,12). The molecule has 0 aliphatic carbocycles. The van der Waals surface area contributed by atoms with Crippen LogP contribution >= 0.6 is 0 Å². The van der Waals surface area contributed by atoms with Gasteiger partial charge in [-0.05, 0) is 6.42 Å². The first-order valence-electron chi connectivity index (χ1n) is 4.62. The Morgan fingerprint density at radius 2 is 2.36 bits per heavy atom. The van der Waals surface area contributed by atoms with Crippen LogP contribution in [0.2, 0.25) is 0 Å². The van der Waals surface area contributed by atoms with E-state index in [1.165, 1.54) is 11.6 Å². The fraction of sp³-hybridized carbons (Fsp3) is 0.556. The summed E-state index contributed by atoms with van der Waals surface area (Å²) in [6.07, 6.45) is 2.99. The van der Waals surface area contributed by atoms with Gasteiger partial charge in [-0.3, -0.25) is 9.36 Å². The molecular formula is C9H14FN3O. The molecule has 0 amide bonds. The van der Waals surface area contributed by atoms with Gasteiger partial charge in [-0.2, -0.15) is 4.39 Å². The van der Waals surface area contributed by atoms with Gasteiger partial charge in [0, 0.05) is 13.6 Å². The van der Waals surface area contributed by atoms with Gasteiger partial charge in [-0.1, -0.05) is 13.3 Å². The number of aromatic nitrogens is 2. The third-order valence-corrected chi connectivity index (χ3v) is 1.94. The van der Waals surface area contributed by atoms with Gasteiger partial charge in [0.25, 0.3) is 5.56 Å². The monoisotopic (exact) mass is 199 g/mol. The maximum atomic E-state index is 12.7. The number of hydrogen-bond acceptors (Lipinski definition) is 3. The average molecular weight is 199 g/mol. The second kappa shape index (κ2) is 4.74. The van der Waals surface area contributed by atoms with E-state index in [0.29, 0.717) is 5.95 Å². The molecule has 4 nitrogen and oxygen atoms in total. The summed E-state index contributed by atoms with van der Waals surface area (Å²) in [5.74, 6) is -0.418. The Morgan fingerprint density at radius 3 is 3.00 bits per heavy atom. The summed E-state index contributed by atoms with van der Waals surface area (Å²) in [6, 6.07) is 0. The lowest BCUT2D eigenvalue weighted by Gasteiger charge is -2.08. The molecule has 0 saturated carbocycles. The highest BCUT2D eigenvalue weighted by molar-refractivity contribution is 5.24. The molecule has 78 valence electrons. The van der Waals surface area contributed by atoms with E-state index in [1.54, 1.807) is 0 Å². The van der Waals surface area contributed by atoms with Crippen molar-refractivity contribution >= 4 is 5.95 Å². The van der Waals surface area contributed by atoms with E-state index >= 15 is 0 Å². The third-order valence-electron chi connectivity index (χ3n) is 1.94. The molecule has 1 rings (SSSR count). The summed E-state index contributed by atoms with van der Waals surface area (Å²) in [5.41, 5.74) is -0.654. The lowest BCUT2D eigenvalue weighted by atomic mass is 10.3. The first kappa shape index (κ1) is 10.7. The van der Waals surface area contributed by atoms with Gasteiger partial charge in [-0.15, -0.1) is 0 Å². The molecule has 1 heterocycles. The summed E-state index contributed by atoms with van der Waals surface area (Å²) < 4.78 is 13.9. The van der Waals surface area contributed by atoms with Crippen molar-refractivity contribution in [1.29, 1.82) is 0 Å². The quantitative estimate of drug-likeness (QED) is 0.739. The van der Waals surface area contributed by atoms with Crippen LogP contribution in [0.4, 0.5) is 10.3 Å². The maximum absolute atomic E-state index is 12.7. The molecule has 0 unspecified atom stereocenters. The highest BCUT2D eigenvalue weighted by Gasteiger charge is 2.04. The third kappa shape index (κ3) is 2.31. The zero-order chi connectivity index (χ0) is 10.6. The van der Waals surface area contributed by atoms with Crippen molar-refractivity contribution in [2.45, 2.75) is 19.8 Å². The second-order valence-electron chi connectivity index (χ2n) is 3.07. The predicted molar refractivity (Wildman–Crippen MR) is 52.8 cm³/mol. The molecule has 1 aromatic heterocycles. The minimum atomic E-state index is -0.825. The minimum absolute atomic E-state index is 0.407.